The van der Waals surface area contributed by atoms with Gasteiger partial charge in [0.2, 0.25) is 0 Å². The Morgan fingerprint density at radius 1 is 1.06 bits per heavy atom. The number of hydrogen-bond acceptors (Lipinski definition) is 4. The summed E-state index contributed by atoms with van der Waals surface area (Å²) in [6.45, 7) is 0.613. The SMILES string of the molecule is O=C(O)[C@@H]1C2CC[C@@H](C2)[C@@H]1NCc1ccc(OCc2cc(-c3ccccc3)c(C(F)(F)F)s2)cc1. The van der Waals surface area contributed by atoms with Crippen LogP contribution in [-0.4, -0.2) is 17.1 Å². The van der Waals surface area contributed by atoms with Crippen molar-refractivity contribution in [1.29, 1.82) is 0 Å². The second-order valence-electron chi connectivity index (χ2n) is 9.36. The Morgan fingerprint density at radius 3 is 2.46 bits per heavy atom. The van der Waals surface area contributed by atoms with Gasteiger partial charge in [0.1, 0.15) is 17.2 Å². The van der Waals surface area contributed by atoms with Gasteiger partial charge >= 0.3 is 12.1 Å². The molecule has 0 radical (unpaired) electrons. The quantitative estimate of drug-likeness (QED) is 0.365. The molecule has 2 fully saturated rings. The summed E-state index contributed by atoms with van der Waals surface area (Å²) in [6, 6.07) is 17.5. The molecule has 4 nitrogen and oxygen atoms in total. The van der Waals surface area contributed by atoms with Gasteiger partial charge in [0, 0.05) is 23.0 Å². The van der Waals surface area contributed by atoms with Crippen molar-refractivity contribution in [2.24, 2.45) is 17.8 Å². The van der Waals surface area contributed by atoms with Crippen LogP contribution in [-0.2, 0) is 24.1 Å². The van der Waals surface area contributed by atoms with Crippen LogP contribution in [0.5, 0.6) is 5.75 Å². The van der Waals surface area contributed by atoms with E-state index in [1.807, 2.05) is 12.1 Å². The molecule has 8 heteroatoms. The second kappa shape index (κ2) is 9.66. The largest absolute Gasteiger partial charge is 0.488 e. The lowest BCUT2D eigenvalue weighted by molar-refractivity contribution is -0.144. The minimum Gasteiger partial charge on any atom is -0.488 e. The molecule has 0 aliphatic heterocycles. The number of benzene rings is 2. The molecule has 1 unspecified atom stereocenters. The fourth-order valence-electron chi connectivity index (χ4n) is 5.59. The van der Waals surface area contributed by atoms with Gasteiger partial charge < -0.3 is 15.2 Å². The molecule has 2 bridgehead atoms. The van der Waals surface area contributed by atoms with Crippen LogP contribution in [0.3, 0.4) is 0 Å². The fraction of sp³-hybridized carbons (Fsp3) is 0.370. The zero-order valence-corrected chi connectivity index (χ0v) is 19.7. The van der Waals surface area contributed by atoms with Crippen molar-refractivity contribution in [2.75, 3.05) is 0 Å². The first-order chi connectivity index (χ1) is 16.8. The summed E-state index contributed by atoms with van der Waals surface area (Å²) in [5.41, 5.74) is 1.70. The molecule has 5 rings (SSSR count). The average Bonchev–Trinajstić information content (AvgIpc) is 3.57. The smallest absolute Gasteiger partial charge is 0.426 e. The number of nitrogens with one attached hydrogen (secondary N) is 1. The molecule has 2 aliphatic carbocycles. The standard InChI is InChI=1S/C27H26F3NO3S/c28-27(29,30)25-22(17-4-2-1-3-5-17)13-21(35-25)15-34-20-10-6-16(7-11-20)14-31-24-19-9-8-18(12-19)23(24)26(32)33/h1-7,10-11,13,18-19,23-24,31H,8-9,12,14-15H2,(H,32,33)/t18?,19-,23+,24-/m0/s1. The van der Waals surface area contributed by atoms with Crippen molar-refractivity contribution in [2.45, 2.75) is 44.6 Å². The minimum atomic E-state index is -4.43. The predicted octanol–water partition coefficient (Wildman–Crippen LogP) is 6.60. The molecule has 2 N–H and O–H groups in total. The highest BCUT2D eigenvalue weighted by Crippen LogP contribution is 2.48. The maximum atomic E-state index is 13.6. The van der Waals surface area contributed by atoms with Crippen molar-refractivity contribution in [1.82, 2.24) is 5.32 Å². The number of rotatable bonds is 8. The number of alkyl halides is 3. The van der Waals surface area contributed by atoms with Crippen LogP contribution in [0, 0.1) is 17.8 Å². The zero-order valence-electron chi connectivity index (χ0n) is 18.9. The number of ether oxygens (including phenoxy) is 1. The Bertz CT molecular complexity index is 1180. The van der Waals surface area contributed by atoms with Gasteiger partial charge in [-0.05, 0) is 60.4 Å². The molecule has 184 valence electrons. The van der Waals surface area contributed by atoms with Gasteiger partial charge in [0.25, 0.3) is 0 Å². The van der Waals surface area contributed by atoms with Crippen LogP contribution in [0.1, 0.15) is 34.6 Å². The van der Waals surface area contributed by atoms with Crippen LogP contribution in [0.2, 0.25) is 0 Å². The van der Waals surface area contributed by atoms with Crippen LogP contribution < -0.4 is 10.1 Å². The Labute approximate surface area is 205 Å². The van der Waals surface area contributed by atoms with Gasteiger partial charge in [0.05, 0.1) is 5.92 Å². The Hall–Kier alpha value is -2.84. The molecule has 0 spiro atoms. The number of carbonyl (C=O) groups is 1. The third-order valence-electron chi connectivity index (χ3n) is 7.17. The van der Waals surface area contributed by atoms with E-state index in [-0.39, 0.29) is 30.0 Å². The van der Waals surface area contributed by atoms with Gasteiger partial charge in [-0.1, -0.05) is 42.5 Å². The molecule has 1 aromatic heterocycles. The van der Waals surface area contributed by atoms with Crippen LogP contribution in [0.25, 0.3) is 11.1 Å². The molecular formula is C27H26F3NO3S. The molecule has 3 aromatic rings. The molecule has 0 amide bonds. The molecule has 2 aromatic carbocycles. The predicted molar refractivity (Wildman–Crippen MR) is 128 cm³/mol. The summed E-state index contributed by atoms with van der Waals surface area (Å²) in [4.78, 5) is 11.6. The normalized spacial score (nSPS) is 23.5. The van der Waals surface area contributed by atoms with E-state index in [0.717, 1.165) is 24.8 Å². The highest BCUT2D eigenvalue weighted by atomic mass is 32.1. The Morgan fingerprint density at radius 2 is 1.77 bits per heavy atom. The molecule has 0 saturated heterocycles. The molecule has 4 atom stereocenters. The first kappa shape index (κ1) is 23.9. The number of hydrogen-bond donors (Lipinski definition) is 2. The number of aliphatic carboxylic acids is 1. The van der Waals surface area contributed by atoms with Crippen molar-refractivity contribution < 1.29 is 27.8 Å². The number of carboxylic acids is 1. The highest BCUT2D eigenvalue weighted by molar-refractivity contribution is 7.12. The van der Waals surface area contributed by atoms with Gasteiger partial charge in [-0.25, -0.2) is 0 Å². The van der Waals surface area contributed by atoms with E-state index >= 15 is 0 Å². The summed E-state index contributed by atoms with van der Waals surface area (Å²) in [5, 5.41) is 13.1. The minimum absolute atomic E-state index is 0.00245. The summed E-state index contributed by atoms with van der Waals surface area (Å²) >= 11 is 0.706. The monoisotopic (exact) mass is 501 g/mol. The van der Waals surface area contributed by atoms with Crippen molar-refractivity contribution in [3.63, 3.8) is 0 Å². The lowest BCUT2D eigenvalue weighted by Gasteiger charge is -2.29. The van der Waals surface area contributed by atoms with E-state index in [1.54, 1.807) is 48.5 Å². The van der Waals surface area contributed by atoms with Gasteiger partial charge in [-0.15, -0.1) is 11.3 Å². The highest BCUT2D eigenvalue weighted by Gasteiger charge is 2.50. The maximum Gasteiger partial charge on any atom is 0.426 e. The van der Waals surface area contributed by atoms with Crippen LogP contribution in [0.4, 0.5) is 13.2 Å². The molecule has 2 aliphatic rings. The first-order valence-corrected chi connectivity index (χ1v) is 12.5. The van der Waals surface area contributed by atoms with E-state index < -0.39 is 17.0 Å². The fourth-order valence-corrected chi connectivity index (χ4v) is 6.55. The van der Waals surface area contributed by atoms with E-state index in [0.29, 0.717) is 40.0 Å². The van der Waals surface area contributed by atoms with E-state index in [1.165, 1.54) is 0 Å². The summed E-state index contributed by atoms with van der Waals surface area (Å²) in [7, 11) is 0. The van der Waals surface area contributed by atoms with E-state index in [2.05, 4.69) is 5.32 Å². The summed E-state index contributed by atoms with van der Waals surface area (Å²) in [6.07, 6.45) is -1.34. The van der Waals surface area contributed by atoms with Crippen LogP contribution in [0.15, 0.2) is 60.7 Å². The molecule has 1 heterocycles. The lowest BCUT2D eigenvalue weighted by Crippen LogP contribution is -2.43. The third kappa shape index (κ3) is 5.09. The maximum absolute atomic E-state index is 13.6. The third-order valence-corrected chi connectivity index (χ3v) is 8.33. The van der Waals surface area contributed by atoms with Gasteiger partial charge in [0.15, 0.2) is 0 Å². The van der Waals surface area contributed by atoms with Crippen molar-refractivity contribution in [3.05, 3.63) is 76.0 Å². The summed E-state index contributed by atoms with van der Waals surface area (Å²) < 4.78 is 46.5. The zero-order chi connectivity index (χ0) is 24.6. The van der Waals surface area contributed by atoms with Gasteiger partial charge in [-0.2, -0.15) is 13.2 Å². The average molecular weight is 502 g/mol. The lowest BCUT2D eigenvalue weighted by atomic mass is 9.84. The molecule has 35 heavy (non-hydrogen) atoms. The van der Waals surface area contributed by atoms with Crippen molar-refractivity contribution in [3.8, 4) is 16.9 Å². The number of thiophene rings is 1. The van der Waals surface area contributed by atoms with E-state index in [4.69, 9.17) is 4.74 Å². The molecular weight excluding hydrogens is 475 g/mol. The summed E-state index contributed by atoms with van der Waals surface area (Å²) in [5.74, 6) is 0.251. The van der Waals surface area contributed by atoms with Crippen LogP contribution >= 0.6 is 11.3 Å². The second-order valence-corrected chi connectivity index (χ2v) is 10.5. The van der Waals surface area contributed by atoms with Crippen molar-refractivity contribution >= 4 is 17.3 Å². The van der Waals surface area contributed by atoms with Gasteiger partial charge in [-0.3, -0.25) is 4.79 Å². The topological polar surface area (TPSA) is 58.6 Å². The molecule has 2 saturated carbocycles. The van der Waals surface area contributed by atoms with E-state index in [9.17, 15) is 23.1 Å². The number of halogens is 3. The Balaban J connectivity index is 1.21. The first-order valence-electron chi connectivity index (χ1n) is 11.7. The Kier molecular flexibility index (Phi) is 6.59. The number of fused-ring (bicyclic) bond motifs is 2. The number of carboxylic acid groups (broad SMARTS) is 1.